The number of benzene rings is 3. The van der Waals surface area contributed by atoms with Gasteiger partial charge < -0.3 is 14.0 Å². The number of hydrogen-bond acceptors (Lipinski definition) is 5. The van der Waals surface area contributed by atoms with Crippen LogP contribution in [0.15, 0.2) is 83.9 Å². The van der Waals surface area contributed by atoms with Gasteiger partial charge in [0.15, 0.2) is 0 Å². The lowest BCUT2D eigenvalue weighted by atomic mass is 10.1. The molecule has 8 nitrogen and oxygen atoms in total. The summed E-state index contributed by atoms with van der Waals surface area (Å²) < 4.78 is 17.3. The van der Waals surface area contributed by atoms with Crippen LogP contribution in [0, 0.1) is 0 Å². The van der Waals surface area contributed by atoms with E-state index in [1.165, 1.54) is 4.68 Å². The number of rotatable bonds is 10. The van der Waals surface area contributed by atoms with E-state index in [1.54, 1.807) is 6.20 Å². The fraction of sp³-hybridized carbons (Fsp3) is 0.281. The summed E-state index contributed by atoms with van der Waals surface area (Å²) >= 11 is 0. The fourth-order valence-electron chi connectivity index (χ4n) is 5.11. The summed E-state index contributed by atoms with van der Waals surface area (Å²) in [6, 6.07) is 22.1. The van der Waals surface area contributed by atoms with Crippen molar-refractivity contribution in [3.05, 3.63) is 101 Å². The molecule has 0 radical (unpaired) electrons. The summed E-state index contributed by atoms with van der Waals surface area (Å²) in [5, 5.41) is 11.9. The largest absolute Gasteiger partial charge is 0.489 e. The first-order valence-electron chi connectivity index (χ1n) is 13.6. The predicted octanol–water partition coefficient (Wildman–Crippen LogP) is 5.53. The number of aromatic nitrogens is 5. The Balaban J connectivity index is 1.26. The normalized spacial score (nSPS) is 12.5. The quantitative estimate of drug-likeness (QED) is 0.203. The molecule has 0 aliphatic carbocycles. The van der Waals surface area contributed by atoms with Crippen LogP contribution in [0.2, 0.25) is 0 Å². The van der Waals surface area contributed by atoms with Crippen molar-refractivity contribution in [2.24, 2.45) is 7.05 Å². The van der Waals surface area contributed by atoms with E-state index in [4.69, 9.17) is 9.47 Å². The molecular weight excluding hydrogens is 534 g/mol. The molecule has 212 valence electrons. The zero-order valence-corrected chi connectivity index (χ0v) is 24.7. The van der Waals surface area contributed by atoms with E-state index in [2.05, 4.69) is 29.0 Å². The van der Waals surface area contributed by atoms with E-state index >= 15 is 0 Å². The van der Waals surface area contributed by atoms with Crippen molar-refractivity contribution in [3.63, 3.8) is 0 Å². The van der Waals surface area contributed by atoms with Crippen molar-refractivity contribution in [2.75, 3.05) is 31.1 Å². The van der Waals surface area contributed by atoms with Gasteiger partial charge >= 0.3 is 0 Å². The Morgan fingerprint density at radius 3 is 2.41 bits per heavy atom. The summed E-state index contributed by atoms with van der Waals surface area (Å²) in [4.78, 5) is 13.7. The highest BCUT2D eigenvalue weighted by Crippen LogP contribution is 2.33. The van der Waals surface area contributed by atoms with Crippen molar-refractivity contribution in [1.82, 2.24) is 24.1 Å². The molecule has 0 aliphatic rings. The lowest BCUT2D eigenvalue weighted by Crippen LogP contribution is -2.24. The van der Waals surface area contributed by atoms with E-state index in [1.807, 2.05) is 89.2 Å². The van der Waals surface area contributed by atoms with Crippen LogP contribution in [-0.4, -0.2) is 55.3 Å². The van der Waals surface area contributed by atoms with Crippen molar-refractivity contribution in [3.8, 4) is 5.75 Å². The van der Waals surface area contributed by atoms with E-state index < -0.39 is 10.0 Å². The lowest BCUT2D eigenvalue weighted by Gasteiger charge is -2.24. The standard InChI is InChI=1S/C32H35N5O3S/c1-35-30-17-25(40-21-23-9-6-5-7-10-23)13-14-26(30)28-19-33-36(32(38)31(28)35)20-24-11-8-12-29-27(24)18-34-37(29)22-39-15-16-41(2,3)4/h5-14,17-19H,15-16,20-22H2,1-4H3. The van der Waals surface area contributed by atoms with Crippen LogP contribution < -0.4 is 10.3 Å². The summed E-state index contributed by atoms with van der Waals surface area (Å²) in [6.45, 7) is 1.94. The van der Waals surface area contributed by atoms with Gasteiger partial charge in [0.05, 0.1) is 36.6 Å². The van der Waals surface area contributed by atoms with Crippen molar-refractivity contribution >= 4 is 42.7 Å². The minimum absolute atomic E-state index is 0.134. The molecule has 0 saturated heterocycles. The van der Waals surface area contributed by atoms with Crippen LogP contribution in [-0.2, 0) is 31.7 Å². The second-order valence-corrected chi connectivity index (χ2v) is 15.8. The minimum Gasteiger partial charge on any atom is -0.489 e. The van der Waals surface area contributed by atoms with Crippen LogP contribution in [0.1, 0.15) is 11.1 Å². The first-order chi connectivity index (χ1) is 19.8. The zero-order valence-electron chi connectivity index (χ0n) is 23.9. The maximum atomic E-state index is 13.7. The predicted molar refractivity (Wildman–Crippen MR) is 168 cm³/mol. The van der Waals surface area contributed by atoms with Crippen LogP contribution in [0.3, 0.4) is 0 Å². The number of aryl methyl sites for hydroxylation is 1. The fourth-order valence-corrected chi connectivity index (χ4v) is 5.72. The van der Waals surface area contributed by atoms with E-state index in [9.17, 15) is 4.79 Å². The van der Waals surface area contributed by atoms with Gasteiger partial charge in [-0.15, -0.1) is 0 Å². The van der Waals surface area contributed by atoms with Gasteiger partial charge in [-0.2, -0.15) is 10.2 Å². The third-order valence-electron chi connectivity index (χ3n) is 7.37. The first-order valence-corrected chi connectivity index (χ1v) is 16.6. The molecule has 0 amide bonds. The summed E-state index contributed by atoms with van der Waals surface area (Å²) in [5.74, 6) is 1.82. The maximum absolute atomic E-state index is 13.7. The third-order valence-corrected chi connectivity index (χ3v) is 8.77. The molecule has 0 spiro atoms. The Labute approximate surface area is 240 Å². The van der Waals surface area contributed by atoms with E-state index in [0.29, 0.717) is 32.0 Å². The summed E-state index contributed by atoms with van der Waals surface area (Å²) in [5.41, 5.74) is 4.48. The average molecular weight is 570 g/mol. The summed E-state index contributed by atoms with van der Waals surface area (Å²) in [6.07, 6.45) is 10.5. The molecule has 41 heavy (non-hydrogen) atoms. The Bertz CT molecular complexity index is 1900. The average Bonchev–Trinajstić information content (AvgIpc) is 3.51. The summed E-state index contributed by atoms with van der Waals surface area (Å²) in [7, 11) is 1.32. The van der Waals surface area contributed by atoms with Crippen molar-refractivity contribution in [2.45, 2.75) is 19.9 Å². The van der Waals surface area contributed by atoms with Gasteiger partial charge in [0.2, 0.25) is 0 Å². The van der Waals surface area contributed by atoms with Gasteiger partial charge in [-0.1, -0.05) is 42.5 Å². The van der Waals surface area contributed by atoms with Gasteiger partial charge in [0, 0.05) is 35.0 Å². The molecule has 6 rings (SSSR count). The smallest absolute Gasteiger partial charge is 0.291 e. The number of fused-ring (bicyclic) bond motifs is 4. The molecule has 3 heterocycles. The maximum Gasteiger partial charge on any atom is 0.291 e. The number of ether oxygens (including phenoxy) is 2. The van der Waals surface area contributed by atoms with Gasteiger partial charge in [0.1, 0.15) is 24.6 Å². The second kappa shape index (κ2) is 11.1. The van der Waals surface area contributed by atoms with Crippen molar-refractivity contribution < 1.29 is 9.47 Å². The highest BCUT2D eigenvalue weighted by Gasteiger charge is 2.16. The van der Waals surface area contributed by atoms with E-state index in [0.717, 1.165) is 49.8 Å². The van der Waals surface area contributed by atoms with Gasteiger partial charge in [0.25, 0.3) is 5.56 Å². The zero-order chi connectivity index (χ0) is 28.6. The SMILES string of the molecule is Cn1c2cc(OCc3ccccc3)ccc2c2cnn(Cc3cccc4c3cnn4COCCS(C)(C)C)c(=O)c21. The lowest BCUT2D eigenvalue weighted by molar-refractivity contribution is 0.0841. The first kappa shape index (κ1) is 27.1. The molecule has 6 aromatic rings. The Hall–Kier alpha value is -4.08. The molecule has 0 atom stereocenters. The minimum atomic E-state index is -0.598. The Kier molecular flexibility index (Phi) is 7.32. The molecule has 0 bridgehead atoms. The number of hydrogen-bond donors (Lipinski definition) is 0. The molecule has 0 aliphatic heterocycles. The number of nitrogens with zero attached hydrogens (tertiary/aromatic N) is 5. The Morgan fingerprint density at radius 1 is 0.829 bits per heavy atom. The van der Waals surface area contributed by atoms with Gasteiger partial charge in [-0.25, -0.2) is 19.4 Å². The van der Waals surface area contributed by atoms with E-state index in [-0.39, 0.29) is 5.56 Å². The van der Waals surface area contributed by atoms with Crippen molar-refractivity contribution in [1.29, 1.82) is 0 Å². The van der Waals surface area contributed by atoms with Crippen LogP contribution in [0.4, 0.5) is 0 Å². The molecule has 0 N–H and O–H groups in total. The molecule has 3 aromatic carbocycles. The van der Waals surface area contributed by atoms with Crippen LogP contribution in [0.25, 0.3) is 32.7 Å². The highest BCUT2D eigenvalue weighted by atomic mass is 32.3. The molecule has 3 aromatic heterocycles. The van der Waals surface area contributed by atoms with Crippen LogP contribution >= 0.6 is 10.0 Å². The monoisotopic (exact) mass is 569 g/mol. The van der Waals surface area contributed by atoms with Gasteiger partial charge in [-0.3, -0.25) is 4.79 Å². The molecular formula is C32H35N5O3S. The Morgan fingerprint density at radius 2 is 1.61 bits per heavy atom. The molecule has 0 saturated carbocycles. The van der Waals surface area contributed by atoms with Gasteiger partial charge in [-0.05, 0) is 48.1 Å². The third kappa shape index (κ3) is 5.60. The second-order valence-electron chi connectivity index (χ2n) is 11.2. The van der Waals surface area contributed by atoms with Crippen LogP contribution in [0.5, 0.6) is 5.75 Å². The topological polar surface area (TPSA) is 76.1 Å². The molecule has 0 unspecified atom stereocenters. The molecule has 0 fully saturated rings. The highest BCUT2D eigenvalue weighted by molar-refractivity contribution is 8.32. The molecule has 9 heteroatoms.